The second-order valence-electron chi connectivity index (χ2n) is 7.96. The number of hydrogen-bond acceptors (Lipinski definition) is 2. The number of halogens is 1. The lowest BCUT2D eigenvalue weighted by atomic mass is 9.53. The Morgan fingerprint density at radius 3 is 2.78 bits per heavy atom. The molecule has 0 aromatic heterocycles. The largest absolute Gasteiger partial charge is 0.497 e. The molecule has 1 N–H and O–H groups in total. The summed E-state index contributed by atoms with van der Waals surface area (Å²) in [4.78, 5) is 0. The fourth-order valence-electron chi connectivity index (χ4n) is 5.93. The summed E-state index contributed by atoms with van der Waals surface area (Å²) >= 11 is 6.47. The molecule has 0 heterocycles. The van der Waals surface area contributed by atoms with Gasteiger partial charge >= 0.3 is 0 Å². The average Bonchev–Trinajstić information content (AvgIpc) is 2.53. The summed E-state index contributed by atoms with van der Waals surface area (Å²) in [5.41, 5.74) is 2.99. The van der Waals surface area contributed by atoms with Crippen molar-refractivity contribution in [1.82, 2.24) is 0 Å². The molecule has 0 aliphatic heterocycles. The third kappa shape index (κ3) is 2.59. The maximum atomic E-state index is 10.6. The molecule has 23 heavy (non-hydrogen) atoms. The van der Waals surface area contributed by atoms with E-state index in [0.717, 1.165) is 25.0 Å². The highest BCUT2D eigenvalue weighted by molar-refractivity contribution is 6.20. The summed E-state index contributed by atoms with van der Waals surface area (Å²) in [6, 6.07) is 6.62. The van der Waals surface area contributed by atoms with Crippen molar-refractivity contribution < 1.29 is 9.84 Å². The Morgan fingerprint density at radius 2 is 2.00 bits per heavy atom. The molecule has 3 aliphatic carbocycles. The fourth-order valence-corrected chi connectivity index (χ4v) is 6.32. The van der Waals surface area contributed by atoms with E-state index in [2.05, 4.69) is 25.1 Å². The van der Waals surface area contributed by atoms with Crippen molar-refractivity contribution >= 4 is 11.6 Å². The molecule has 1 aromatic rings. The van der Waals surface area contributed by atoms with Crippen molar-refractivity contribution in [2.75, 3.05) is 7.11 Å². The van der Waals surface area contributed by atoms with Crippen LogP contribution in [0.15, 0.2) is 18.2 Å². The molecule has 1 aromatic carbocycles. The number of benzene rings is 1. The molecule has 3 aliphatic rings. The third-order valence-corrected chi connectivity index (χ3v) is 7.17. The molecule has 2 fully saturated rings. The molecule has 0 amide bonds. The van der Waals surface area contributed by atoms with E-state index in [4.69, 9.17) is 16.3 Å². The minimum absolute atomic E-state index is 0.148. The van der Waals surface area contributed by atoms with Gasteiger partial charge in [0.25, 0.3) is 0 Å². The Morgan fingerprint density at radius 1 is 1.17 bits per heavy atom. The van der Waals surface area contributed by atoms with Crippen molar-refractivity contribution in [3.8, 4) is 5.75 Å². The van der Waals surface area contributed by atoms with Crippen LogP contribution in [0.4, 0.5) is 0 Å². The van der Waals surface area contributed by atoms with Gasteiger partial charge in [-0.1, -0.05) is 13.0 Å². The summed E-state index contributed by atoms with van der Waals surface area (Å²) in [5.74, 6) is 3.91. The van der Waals surface area contributed by atoms with Crippen molar-refractivity contribution in [2.24, 2.45) is 23.7 Å². The molecule has 126 valence electrons. The van der Waals surface area contributed by atoms with Crippen molar-refractivity contribution in [1.29, 1.82) is 0 Å². The van der Waals surface area contributed by atoms with Crippen LogP contribution in [0.5, 0.6) is 5.75 Å². The van der Waals surface area contributed by atoms with Crippen LogP contribution in [0.1, 0.15) is 49.7 Å². The molecule has 2 saturated carbocycles. The van der Waals surface area contributed by atoms with Gasteiger partial charge in [-0.15, -0.1) is 11.6 Å². The van der Waals surface area contributed by atoms with Crippen LogP contribution in [-0.2, 0) is 6.42 Å². The van der Waals surface area contributed by atoms with Gasteiger partial charge < -0.3 is 9.84 Å². The van der Waals surface area contributed by atoms with Crippen LogP contribution in [0, 0.1) is 23.7 Å². The lowest BCUT2D eigenvalue weighted by molar-refractivity contribution is -0.0547. The number of aryl methyl sites for hydroxylation is 1. The van der Waals surface area contributed by atoms with E-state index in [9.17, 15) is 5.11 Å². The topological polar surface area (TPSA) is 29.5 Å². The van der Waals surface area contributed by atoms with Crippen molar-refractivity contribution in [2.45, 2.75) is 56.4 Å². The van der Waals surface area contributed by atoms with E-state index in [1.807, 2.05) is 0 Å². The van der Waals surface area contributed by atoms with Gasteiger partial charge in [0.15, 0.2) is 0 Å². The highest BCUT2D eigenvalue weighted by Gasteiger charge is 2.50. The van der Waals surface area contributed by atoms with Gasteiger partial charge in [-0.05, 0) is 85.0 Å². The first kappa shape index (κ1) is 15.8. The summed E-state index contributed by atoms with van der Waals surface area (Å²) in [5, 5.41) is 10.7. The van der Waals surface area contributed by atoms with Gasteiger partial charge in [-0.25, -0.2) is 0 Å². The van der Waals surface area contributed by atoms with E-state index >= 15 is 0 Å². The Hall–Kier alpha value is -0.730. The Kier molecular flexibility index (Phi) is 4.09. The highest BCUT2D eigenvalue weighted by Crippen LogP contribution is 2.56. The van der Waals surface area contributed by atoms with Gasteiger partial charge in [0.1, 0.15) is 5.75 Å². The summed E-state index contributed by atoms with van der Waals surface area (Å²) < 4.78 is 5.40. The van der Waals surface area contributed by atoms with Gasteiger partial charge in [0, 0.05) is 5.38 Å². The number of alkyl halides is 1. The number of hydrogen-bond donors (Lipinski definition) is 1. The Bertz CT molecular complexity index is 587. The van der Waals surface area contributed by atoms with Crippen molar-refractivity contribution in [3.05, 3.63) is 29.3 Å². The standard InChI is InChI=1S/C20H27ClO2/c1-11-7-17-15-6-4-14(23-2)8-12(15)3-5-16(17)18-9-13(21)10-19(22)20(11)18/h4,6,8,11,13,16-20,22H,3,5,7,9-10H2,1-2H3/t11-,13+,16+,17+,18-,19+,20?/m0/s1. The van der Waals surface area contributed by atoms with E-state index in [0.29, 0.717) is 29.6 Å². The van der Waals surface area contributed by atoms with Crippen LogP contribution in [0.3, 0.4) is 0 Å². The maximum absolute atomic E-state index is 10.6. The quantitative estimate of drug-likeness (QED) is 0.772. The van der Waals surface area contributed by atoms with E-state index in [-0.39, 0.29) is 11.5 Å². The maximum Gasteiger partial charge on any atom is 0.119 e. The molecular weight excluding hydrogens is 308 g/mol. The van der Waals surface area contributed by atoms with Gasteiger partial charge in [0.05, 0.1) is 13.2 Å². The number of ether oxygens (including phenoxy) is 1. The van der Waals surface area contributed by atoms with Crippen LogP contribution >= 0.6 is 11.6 Å². The molecule has 0 spiro atoms. The minimum atomic E-state index is -0.204. The first-order chi connectivity index (χ1) is 11.1. The normalized spacial score (nSPS) is 42.3. The number of aliphatic hydroxyl groups excluding tert-OH is 1. The molecular formula is C20H27ClO2. The molecule has 0 radical (unpaired) electrons. The molecule has 7 atom stereocenters. The molecule has 1 unspecified atom stereocenters. The predicted octanol–water partition coefficient (Wildman–Crippen LogP) is 4.38. The second-order valence-corrected chi connectivity index (χ2v) is 8.58. The predicted molar refractivity (Wildman–Crippen MR) is 93.2 cm³/mol. The van der Waals surface area contributed by atoms with Gasteiger partial charge in [-0.3, -0.25) is 0 Å². The smallest absolute Gasteiger partial charge is 0.119 e. The van der Waals surface area contributed by atoms with Crippen LogP contribution in [0.2, 0.25) is 0 Å². The summed E-state index contributed by atoms with van der Waals surface area (Å²) in [6.07, 6.45) is 5.22. The fraction of sp³-hybridized carbons (Fsp3) is 0.700. The minimum Gasteiger partial charge on any atom is -0.497 e. The molecule has 0 saturated heterocycles. The number of rotatable bonds is 1. The van der Waals surface area contributed by atoms with Gasteiger partial charge in [0.2, 0.25) is 0 Å². The second kappa shape index (κ2) is 5.97. The summed E-state index contributed by atoms with van der Waals surface area (Å²) in [7, 11) is 1.74. The molecule has 0 bridgehead atoms. The molecule has 3 heteroatoms. The number of aliphatic hydroxyl groups is 1. The average molecular weight is 335 g/mol. The van der Waals surface area contributed by atoms with E-state index < -0.39 is 0 Å². The first-order valence-corrected chi connectivity index (χ1v) is 9.51. The Balaban J connectivity index is 1.68. The van der Waals surface area contributed by atoms with Crippen LogP contribution in [-0.4, -0.2) is 23.7 Å². The lowest BCUT2D eigenvalue weighted by Gasteiger charge is -2.53. The zero-order valence-electron chi connectivity index (χ0n) is 14.0. The lowest BCUT2D eigenvalue weighted by Crippen LogP contribution is -2.49. The van der Waals surface area contributed by atoms with E-state index in [1.54, 1.807) is 7.11 Å². The Labute approximate surface area is 144 Å². The first-order valence-electron chi connectivity index (χ1n) is 9.07. The zero-order valence-corrected chi connectivity index (χ0v) is 14.8. The molecule has 2 nitrogen and oxygen atoms in total. The summed E-state index contributed by atoms with van der Waals surface area (Å²) in [6.45, 7) is 2.34. The highest BCUT2D eigenvalue weighted by atomic mass is 35.5. The monoisotopic (exact) mass is 334 g/mol. The van der Waals surface area contributed by atoms with Crippen LogP contribution in [0.25, 0.3) is 0 Å². The molecule has 4 rings (SSSR count). The van der Waals surface area contributed by atoms with E-state index in [1.165, 1.54) is 24.0 Å². The van der Waals surface area contributed by atoms with Crippen molar-refractivity contribution in [3.63, 3.8) is 0 Å². The number of methoxy groups -OCH3 is 1. The zero-order chi connectivity index (χ0) is 16.1. The van der Waals surface area contributed by atoms with Gasteiger partial charge in [-0.2, -0.15) is 0 Å². The van der Waals surface area contributed by atoms with Crippen LogP contribution < -0.4 is 4.74 Å². The number of fused-ring (bicyclic) bond motifs is 5. The SMILES string of the molecule is COc1ccc2c(c1)CC[C@@H]1[C@@H]2C[C@H](C)C2[C@H](O)C[C@H](Cl)C[C@H]21. The third-order valence-electron chi connectivity index (χ3n) is 6.81.